The van der Waals surface area contributed by atoms with E-state index in [0.717, 1.165) is 16.7 Å². The van der Waals surface area contributed by atoms with Crippen molar-refractivity contribution in [2.75, 3.05) is 6.54 Å². The van der Waals surface area contributed by atoms with Gasteiger partial charge in [-0.25, -0.2) is 9.37 Å². The summed E-state index contributed by atoms with van der Waals surface area (Å²) in [7, 11) is 0. The zero-order valence-corrected chi connectivity index (χ0v) is 29.7. The Kier molecular flexibility index (Phi) is 12.3. The first kappa shape index (κ1) is 37.7. The van der Waals surface area contributed by atoms with E-state index in [1.807, 2.05) is 24.3 Å². The second-order valence-corrected chi connectivity index (χ2v) is 13.1. The fourth-order valence-electron chi connectivity index (χ4n) is 6.37. The first-order valence-electron chi connectivity index (χ1n) is 17.2. The molecule has 2 atom stereocenters. The van der Waals surface area contributed by atoms with Gasteiger partial charge < -0.3 is 30.2 Å². The topological polar surface area (TPSA) is 179 Å². The summed E-state index contributed by atoms with van der Waals surface area (Å²) in [6.45, 7) is -0.346. The number of carboxylic acid groups (broad SMARTS) is 1. The third-order valence-electron chi connectivity index (χ3n) is 9.02. The van der Waals surface area contributed by atoms with Crippen LogP contribution in [0.15, 0.2) is 85.6 Å². The van der Waals surface area contributed by atoms with E-state index < -0.39 is 24.5 Å². The first-order chi connectivity index (χ1) is 26.2. The van der Waals surface area contributed by atoms with Crippen LogP contribution in [0.1, 0.15) is 58.9 Å². The van der Waals surface area contributed by atoms with E-state index in [1.165, 1.54) is 18.6 Å². The number of halogens is 2. The number of carbonyl (C=O) groups excluding carboxylic acids is 2. The Morgan fingerprint density at radius 1 is 1.04 bits per heavy atom. The lowest BCUT2D eigenvalue weighted by atomic mass is 9.96. The zero-order chi connectivity index (χ0) is 38.0. The number of imidazole rings is 1. The number of benzene rings is 3. The number of ketones is 1. The summed E-state index contributed by atoms with van der Waals surface area (Å²) in [5.41, 5.74) is 5.63. The van der Waals surface area contributed by atoms with Gasteiger partial charge in [-0.2, -0.15) is 5.26 Å². The number of aliphatic carboxylic acids is 1. The molecule has 1 amide bonds. The molecule has 1 aliphatic rings. The van der Waals surface area contributed by atoms with Crippen molar-refractivity contribution >= 4 is 29.3 Å². The molecule has 0 saturated carbocycles. The highest BCUT2D eigenvalue weighted by Gasteiger charge is 2.29. The minimum Gasteiger partial charge on any atom is -0.488 e. The molecule has 54 heavy (non-hydrogen) atoms. The summed E-state index contributed by atoms with van der Waals surface area (Å²) in [5.74, 6) is -1.52. The normalized spacial score (nSPS) is 13.8. The number of amides is 1. The molecule has 4 N–H and O–H groups in total. The van der Waals surface area contributed by atoms with Gasteiger partial charge in [-0.3, -0.25) is 19.4 Å². The van der Waals surface area contributed by atoms with Crippen LogP contribution >= 0.6 is 11.6 Å². The maximum Gasteiger partial charge on any atom is 0.322 e. The Morgan fingerprint density at radius 2 is 1.87 bits per heavy atom. The van der Waals surface area contributed by atoms with Gasteiger partial charge in [0.1, 0.15) is 42.6 Å². The standard InChI is InChI=1S/C40H36ClFN6O6/c41-32-13-26(19-46-34(14-27-20-45-23-48-27)35(49)9-11-39(50)47-21-40(51)52)37(53-22-25-12-24(16-43)17-44-18-25)15-38(32)54-36-10-8-29-28(5-3-6-31(29)36)30-4-1-2-7-33(30)42/h1-7,12-13,15,17-18,20,23,34,36,46H,8-11,14,19,21-22H2,(H,45,48)(H,47,50)(H,51,52)/t34-,36-/m0/s1. The van der Waals surface area contributed by atoms with Crippen LogP contribution in [0.5, 0.6) is 11.5 Å². The largest absolute Gasteiger partial charge is 0.488 e. The van der Waals surface area contributed by atoms with Crippen molar-refractivity contribution in [2.45, 2.75) is 57.4 Å². The number of fused-ring (bicyclic) bond motifs is 1. The summed E-state index contributed by atoms with van der Waals surface area (Å²) >= 11 is 6.87. The van der Waals surface area contributed by atoms with Gasteiger partial charge in [0.15, 0.2) is 5.78 Å². The maximum absolute atomic E-state index is 14.8. The molecule has 0 bridgehead atoms. The maximum atomic E-state index is 14.8. The summed E-state index contributed by atoms with van der Waals surface area (Å²) in [4.78, 5) is 47.6. The number of nitrogens with one attached hydrogen (secondary N) is 3. The molecule has 3 aromatic carbocycles. The molecule has 1 aliphatic carbocycles. The molecule has 5 aromatic rings. The number of H-pyrrole nitrogens is 1. The number of hydrogen-bond acceptors (Lipinski definition) is 9. The summed E-state index contributed by atoms with van der Waals surface area (Å²) in [5, 5.41) is 24.1. The number of carbonyl (C=O) groups is 3. The summed E-state index contributed by atoms with van der Waals surface area (Å²) in [6.07, 6.45) is 7.06. The summed E-state index contributed by atoms with van der Waals surface area (Å²) in [6, 6.07) is 18.8. The minimum atomic E-state index is -1.18. The average molecular weight is 751 g/mol. The molecule has 6 rings (SSSR count). The number of hydrogen-bond donors (Lipinski definition) is 4. The predicted octanol–water partition coefficient (Wildman–Crippen LogP) is 6.03. The highest BCUT2D eigenvalue weighted by atomic mass is 35.5. The molecular formula is C40H36ClFN6O6. The van der Waals surface area contributed by atoms with Crippen LogP contribution in [0.25, 0.3) is 11.1 Å². The predicted molar refractivity (Wildman–Crippen MR) is 196 cm³/mol. The van der Waals surface area contributed by atoms with Crippen LogP contribution < -0.4 is 20.1 Å². The van der Waals surface area contributed by atoms with Crippen molar-refractivity contribution in [3.63, 3.8) is 0 Å². The van der Waals surface area contributed by atoms with E-state index in [-0.39, 0.29) is 50.1 Å². The fourth-order valence-corrected chi connectivity index (χ4v) is 6.61. The molecule has 0 spiro atoms. The molecule has 12 nitrogen and oxygen atoms in total. The van der Waals surface area contributed by atoms with Gasteiger partial charge in [-0.15, -0.1) is 0 Å². The van der Waals surface area contributed by atoms with Crippen molar-refractivity contribution in [3.8, 4) is 28.7 Å². The second-order valence-electron chi connectivity index (χ2n) is 12.7. The number of carboxylic acids is 1. The Bertz CT molecular complexity index is 2190. The molecule has 2 aromatic heterocycles. The lowest BCUT2D eigenvalue weighted by Gasteiger charge is -2.21. The summed E-state index contributed by atoms with van der Waals surface area (Å²) < 4.78 is 27.6. The van der Waals surface area contributed by atoms with Gasteiger partial charge in [-0.05, 0) is 47.7 Å². The number of nitriles is 1. The van der Waals surface area contributed by atoms with Gasteiger partial charge in [-0.1, -0.05) is 48.0 Å². The highest BCUT2D eigenvalue weighted by Crippen LogP contribution is 2.43. The number of ether oxygens (including phenoxy) is 2. The first-order valence-corrected chi connectivity index (χ1v) is 17.6. The molecule has 0 aliphatic heterocycles. The van der Waals surface area contributed by atoms with Gasteiger partial charge in [0.2, 0.25) is 5.91 Å². The molecular weight excluding hydrogens is 715 g/mol. The van der Waals surface area contributed by atoms with E-state index in [0.29, 0.717) is 57.3 Å². The van der Waals surface area contributed by atoms with Crippen molar-refractivity contribution in [1.82, 2.24) is 25.6 Å². The van der Waals surface area contributed by atoms with Crippen LogP contribution in [-0.4, -0.2) is 50.3 Å². The van der Waals surface area contributed by atoms with Crippen molar-refractivity contribution < 1.29 is 33.4 Å². The fraction of sp³-hybridized carbons (Fsp3) is 0.250. The van der Waals surface area contributed by atoms with E-state index in [1.54, 1.807) is 42.7 Å². The van der Waals surface area contributed by atoms with Crippen LogP contribution in [-0.2, 0) is 40.4 Å². The van der Waals surface area contributed by atoms with Crippen LogP contribution in [0.3, 0.4) is 0 Å². The zero-order valence-electron chi connectivity index (χ0n) is 29.0. The second kappa shape index (κ2) is 17.6. The Morgan fingerprint density at radius 3 is 2.65 bits per heavy atom. The molecule has 0 fully saturated rings. The highest BCUT2D eigenvalue weighted by molar-refractivity contribution is 6.32. The Balaban J connectivity index is 1.24. The molecule has 276 valence electrons. The van der Waals surface area contributed by atoms with Crippen LogP contribution in [0.4, 0.5) is 4.39 Å². The number of aromatic amines is 1. The van der Waals surface area contributed by atoms with E-state index in [2.05, 4.69) is 31.7 Å². The average Bonchev–Trinajstić information content (AvgIpc) is 3.85. The quantitative estimate of drug-likeness (QED) is 0.0877. The minimum absolute atomic E-state index is 0.0663. The molecule has 2 heterocycles. The number of nitrogens with zero attached hydrogens (tertiary/aromatic N) is 3. The molecule has 0 radical (unpaired) electrons. The lowest BCUT2D eigenvalue weighted by Crippen LogP contribution is -2.39. The van der Waals surface area contributed by atoms with Crippen LogP contribution in [0.2, 0.25) is 5.02 Å². The number of aromatic nitrogens is 3. The molecule has 0 saturated heterocycles. The Labute approximate surface area is 315 Å². The SMILES string of the molecule is N#Cc1cncc(COc2cc(O[C@H]3CCc4c(-c5ccccc5F)cccc43)c(Cl)cc2CN[C@@H](Cc2cnc[nH]2)C(=O)CCC(=O)NCC(=O)O)c1. The van der Waals surface area contributed by atoms with E-state index in [4.69, 9.17) is 26.2 Å². The molecule has 0 unspecified atom stereocenters. The molecule has 14 heteroatoms. The van der Waals surface area contributed by atoms with Gasteiger partial charge in [0.25, 0.3) is 0 Å². The van der Waals surface area contributed by atoms with Crippen molar-refractivity contribution in [1.29, 1.82) is 5.26 Å². The lowest BCUT2D eigenvalue weighted by molar-refractivity contribution is -0.138. The number of pyridine rings is 1. The Hall–Kier alpha value is -6.10. The third kappa shape index (κ3) is 9.46. The smallest absolute Gasteiger partial charge is 0.322 e. The van der Waals surface area contributed by atoms with Crippen LogP contribution in [0, 0.1) is 17.1 Å². The number of Topliss-reactive ketones (excluding diaryl/α,β-unsaturated/α-hetero) is 1. The monoisotopic (exact) mass is 750 g/mol. The van der Waals surface area contributed by atoms with Crippen molar-refractivity contribution in [3.05, 3.63) is 130 Å². The van der Waals surface area contributed by atoms with Crippen molar-refractivity contribution in [2.24, 2.45) is 0 Å². The van der Waals surface area contributed by atoms with E-state index >= 15 is 0 Å². The van der Waals surface area contributed by atoms with Gasteiger partial charge in [0.05, 0.1) is 23.0 Å². The van der Waals surface area contributed by atoms with E-state index in [9.17, 15) is 24.0 Å². The van der Waals surface area contributed by atoms with Gasteiger partial charge in [0, 0.05) is 72.8 Å². The third-order valence-corrected chi connectivity index (χ3v) is 9.32. The number of rotatable bonds is 17. The van der Waals surface area contributed by atoms with Gasteiger partial charge >= 0.3 is 5.97 Å².